The fourth-order valence-electron chi connectivity index (χ4n) is 1.04. The van der Waals surface area contributed by atoms with E-state index in [0.29, 0.717) is 0 Å². The molecule has 0 aliphatic carbocycles. The molecule has 0 fully saturated rings. The summed E-state index contributed by atoms with van der Waals surface area (Å²) in [5, 5.41) is 10.6. The van der Waals surface area contributed by atoms with Gasteiger partial charge in [0.2, 0.25) is 0 Å². The summed E-state index contributed by atoms with van der Waals surface area (Å²) in [4.78, 5) is 20.9. The van der Waals surface area contributed by atoms with Crippen molar-refractivity contribution in [1.82, 2.24) is 15.0 Å². The summed E-state index contributed by atoms with van der Waals surface area (Å²) in [5.41, 5.74) is -0.235. The van der Waals surface area contributed by atoms with Crippen molar-refractivity contribution in [3.05, 3.63) is 44.9 Å². The van der Waals surface area contributed by atoms with Gasteiger partial charge in [0, 0.05) is 12.3 Å². The second kappa shape index (κ2) is 5.11. The largest absolute Gasteiger partial charge is 0.423 e. The van der Waals surface area contributed by atoms with Crippen LogP contribution in [-0.2, 0) is 0 Å². The summed E-state index contributed by atoms with van der Waals surface area (Å²) < 4.78 is 5.22. The quantitative estimate of drug-likeness (QED) is 0.489. The molecule has 2 rings (SSSR count). The Balaban J connectivity index is 2.24. The van der Waals surface area contributed by atoms with Gasteiger partial charge in [-0.3, -0.25) is 10.1 Å². The zero-order valence-electron chi connectivity index (χ0n) is 8.58. The number of rotatable bonds is 3. The minimum Gasteiger partial charge on any atom is -0.423 e. The van der Waals surface area contributed by atoms with Crippen molar-refractivity contribution < 1.29 is 9.66 Å². The first-order valence-electron chi connectivity index (χ1n) is 4.52. The molecule has 0 N–H and O–H groups in total. The Bertz CT molecular complexity index is 591. The van der Waals surface area contributed by atoms with Crippen LogP contribution in [0.2, 0.25) is 10.2 Å². The third kappa shape index (κ3) is 2.63. The average molecular weight is 287 g/mol. The number of nitrogens with zero attached hydrogens (tertiary/aromatic N) is 4. The Kier molecular flexibility index (Phi) is 3.54. The van der Waals surface area contributed by atoms with E-state index in [2.05, 4.69) is 15.0 Å². The average Bonchev–Trinajstić information content (AvgIpc) is 2.36. The van der Waals surface area contributed by atoms with E-state index in [0.717, 1.165) is 12.4 Å². The molecule has 0 saturated heterocycles. The van der Waals surface area contributed by atoms with Gasteiger partial charge in [-0.05, 0) is 0 Å². The number of ether oxygens (including phenoxy) is 1. The Hall–Kier alpha value is -1.99. The molecule has 0 aliphatic rings. The lowest BCUT2D eigenvalue weighted by atomic mass is 10.4. The maximum absolute atomic E-state index is 10.4. The van der Waals surface area contributed by atoms with E-state index in [9.17, 15) is 10.1 Å². The second-order valence-electron chi connectivity index (χ2n) is 3.00. The van der Waals surface area contributed by atoms with Crippen molar-refractivity contribution >= 4 is 28.9 Å². The zero-order chi connectivity index (χ0) is 13.1. The number of hydrogen-bond donors (Lipinski definition) is 0. The Morgan fingerprint density at radius 3 is 2.50 bits per heavy atom. The molecule has 0 spiro atoms. The smallest absolute Gasteiger partial charge is 0.322 e. The van der Waals surface area contributed by atoms with Gasteiger partial charge in [-0.1, -0.05) is 23.2 Å². The molecule has 0 saturated carbocycles. The molecular weight excluding hydrogens is 283 g/mol. The van der Waals surface area contributed by atoms with E-state index in [1.165, 1.54) is 12.3 Å². The topological polar surface area (TPSA) is 91.0 Å². The second-order valence-corrected chi connectivity index (χ2v) is 3.73. The maximum atomic E-state index is 10.4. The monoisotopic (exact) mass is 286 g/mol. The molecule has 7 nitrogen and oxygen atoms in total. The van der Waals surface area contributed by atoms with E-state index in [1.54, 1.807) is 0 Å². The summed E-state index contributed by atoms with van der Waals surface area (Å²) in [6.07, 6.45) is 3.45. The highest BCUT2D eigenvalue weighted by Gasteiger charge is 2.11. The Morgan fingerprint density at radius 1 is 1.22 bits per heavy atom. The van der Waals surface area contributed by atoms with E-state index in [4.69, 9.17) is 27.9 Å². The molecule has 0 radical (unpaired) electrons. The fourth-order valence-corrected chi connectivity index (χ4v) is 1.34. The Morgan fingerprint density at radius 2 is 1.89 bits per heavy atom. The van der Waals surface area contributed by atoms with Gasteiger partial charge in [0.05, 0.1) is 4.92 Å². The van der Waals surface area contributed by atoms with E-state index >= 15 is 0 Å². The first-order valence-corrected chi connectivity index (χ1v) is 5.28. The maximum Gasteiger partial charge on any atom is 0.322 e. The van der Waals surface area contributed by atoms with Gasteiger partial charge in [0.25, 0.3) is 0 Å². The normalized spacial score (nSPS) is 10.1. The lowest BCUT2D eigenvalue weighted by Crippen LogP contribution is -1.95. The molecule has 0 atom stereocenters. The number of nitro groups is 1. The standard InChI is InChI=1S/C9H4Cl2N4O3/c10-7-6(1-2-12-8(7)11)18-9-13-3-5(4-14-9)15(16)17/h1-4H. The summed E-state index contributed by atoms with van der Waals surface area (Å²) in [6.45, 7) is 0. The van der Waals surface area contributed by atoms with Gasteiger partial charge < -0.3 is 4.74 Å². The van der Waals surface area contributed by atoms with Crippen LogP contribution in [0.25, 0.3) is 0 Å². The number of hydrogen-bond acceptors (Lipinski definition) is 6. The Labute approximate surface area is 111 Å². The molecule has 2 heterocycles. The molecule has 2 aromatic rings. The predicted octanol–water partition coefficient (Wildman–Crippen LogP) is 2.88. The van der Waals surface area contributed by atoms with Crippen molar-refractivity contribution in [2.75, 3.05) is 0 Å². The lowest BCUT2D eigenvalue weighted by molar-refractivity contribution is -0.385. The van der Waals surface area contributed by atoms with E-state index in [1.807, 2.05) is 0 Å². The van der Waals surface area contributed by atoms with Gasteiger partial charge >= 0.3 is 11.7 Å². The molecule has 0 amide bonds. The molecule has 0 aromatic carbocycles. The fraction of sp³-hybridized carbons (Fsp3) is 0. The third-order valence-electron chi connectivity index (χ3n) is 1.84. The lowest BCUT2D eigenvalue weighted by Gasteiger charge is -2.05. The van der Waals surface area contributed by atoms with Gasteiger partial charge in [0.15, 0.2) is 10.9 Å². The van der Waals surface area contributed by atoms with Crippen LogP contribution >= 0.6 is 23.2 Å². The summed E-state index contributed by atoms with van der Waals surface area (Å²) in [6, 6.07) is 1.39. The van der Waals surface area contributed by atoms with Crippen LogP contribution in [0.1, 0.15) is 0 Å². The highest BCUT2D eigenvalue weighted by atomic mass is 35.5. The van der Waals surface area contributed by atoms with Crippen LogP contribution in [-0.4, -0.2) is 19.9 Å². The van der Waals surface area contributed by atoms with Crippen LogP contribution in [0.5, 0.6) is 11.8 Å². The summed E-state index contributed by atoms with van der Waals surface area (Å²) in [5.74, 6) is 0.213. The molecule has 0 bridgehead atoms. The number of aromatic nitrogens is 3. The first kappa shape index (κ1) is 12.5. The van der Waals surface area contributed by atoms with E-state index < -0.39 is 4.92 Å². The SMILES string of the molecule is O=[N+]([O-])c1cnc(Oc2ccnc(Cl)c2Cl)nc1. The van der Waals surface area contributed by atoms with Gasteiger partial charge in [-0.15, -0.1) is 0 Å². The third-order valence-corrected chi connectivity index (χ3v) is 2.59. The van der Waals surface area contributed by atoms with Crippen molar-refractivity contribution in [3.8, 4) is 11.8 Å². The molecule has 2 aromatic heterocycles. The molecule has 9 heteroatoms. The zero-order valence-corrected chi connectivity index (χ0v) is 10.1. The molecule has 0 unspecified atom stereocenters. The summed E-state index contributed by atoms with van der Waals surface area (Å²) in [7, 11) is 0. The van der Waals surface area contributed by atoms with Crippen molar-refractivity contribution in [1.29, 1.82) is 0 Å². The van der Waals surface area contributed by atoms with E-state index in [-0.39, 0.29) is 27.6 Å². The molecule has 0 aliphatic heterocycles. The van der Waals surface area contributed by atoms with Gasteiger partial charge in [-0.25, -0.2) is 4.98 Å². The van der Waals surface area contributed by atoms with Gasteiger partial charge in [0.1, 0.15) is 17.4 Å². The van der Waals surface area contributed by atoms with Crippen molar-refractivity contribution in [2.24, 2.45) is 0 Å². The van der Waals surface area contributed by atoms with Crippen molar-refractivity contribution in [2.45, 2.75) is 0 Å². The van der Waals surface area contributed by atoms with Crippen molar-refractivity contribution in [3.63, 3.8) is 0 Å². The van der Waals surface area contributed by atoms with Crippen LogP contribution in [0.3, 0.4) is 0 Å². The van der Waals surface area contributed by atoms with Crippen LogP contribution in [0, 0.1) is 10.1 Å². The molecular formula is C9H4Cl2N4O3. The molecule has 92 valence electrons. The number of pyridine rings is 1. The summed E-state index contributed by atoms with van der Waals surface area (Å²) >= 11 is 11.5. The minimum absolute atomic E-state index is 0.0789. The highest BCUT2D eigenvalue weighted by molar-refractivity contribution is 6.42. The predicted molar refractivity (Wildman–Crippen MR) is 63.0 cm³/mol. The first-order chi connectivity index (χ1) is 8.58. The molecule has 18 heavy (non-hydrogen) atoms. The van der Waals surface area contributed by atoms with Crippen LogP contribution < -0.4 is 4.74 Å². The van der Waals surface area contributed by atoms with Crippen LogP contribution in [0.15, 0.2) is 24.7 Å². The highest BCUT2D eigenvalue weighted by Crippen LogP contribution is 2.31. The minimum atomic E-state index is -0.611. The van der Waals surface area contributed by atoms with Crippen LogP contribution in [0.4, 0.5) is 5.69 Å². The number of halogens is 2. The van der Waals surface area contributed by atoms with Gasteiger partial charge in [-0.2, -0.15) is 9.97 Å².